The molecule has 2 rings (SSSR count). The molecule has 1 aromatic carbocycles. The molecule has 1 atom stereocenters. The molecule has 0 saturated carbocycles. The van der Waals surface area contributed by atoms with Gasteiger partial charge in [0.15, 0.2) is 0 Å². The van der Waals surface area contributed by atoms with E-state index in [-0.39, 0.29) is 17.6 Å². The van der Waals surface area contributed by atoms with E-state index in [1.807, 2.05) is 11.8 Å². The van der Waals surface area contributed by atoms with Gasteiger partial charge < -0.3 is 14.7 Å². The molecule has 0 aliphatic carbocycles. The summed E-state index contributed by atoms with van der Waals surface area (Å²) in [5.74, 6) is -0.892. The van der Waals surface area contributed by atoms with Crippen molar-refractivity contribution in [2.24, 2.45) is 0 Å². The van der Waals surface area contributed by atoms with Crippen molar-refractivity contribution < 1.29 is 19.4 Å². The van der Waals surface area contributed by atoms with E-state index in [1.54, 1.807) is 12.1 Å². The van der Waals surface area contributed by atoms with E-state index < -0.39 is 5.97 Å². The molecule has 1 aliphatic rings. The van der Waals surface area contributed by atoms with Crippen LogP contribution in [0.5, 0.6) is 0 Å². The van der Waals surface area contributed by atoms with E-state index in [4.69, 9.17) is 9.84 Å². The van der Waals surface area contributed by atoms with Gasteiger partial charge in [0, 0.05) is 13.1 Å². The average molecular weight is 277 g/mol. The van der Waals surface area contributed by atoms with Crippen LogP contribution in [0.25, 0.3) is 0 Å². The molecule has 0 bridgehead atoms. The van der Waals surface area contributed by atoms with Crippen molar-refractivity contribution in [3.05, 3.63) is 35.4 Å². The third-order valence-electron chi connectivity index (χ3n) is 3.50. The maximum atomic E-state index is 12.2. The lowest BCUT2D eigenvalue weighted by atomic mass is 10.1. The number of carbonyl (C=O) groups excluding carboxylic acids is 1. The smallest absolute Gasteiger partial charge is 0.335 e. The second-order valence-electron chi connectivity index (χ2n) is 4.92. The fourth-order valence-electron chi connectivity index (χ4n) is 2.24. The zero-order chi connectivity index (χ0) is 14.5. The van der Waals surface area contributed by atoms with Gasteiger partial charge >= 0.3 is 5.97 Å². The largest absolute Gasteiger partial charge is 0.478 e. The lowest BCUT2D eigenvalue weighted by Crippen LogP contribution is -2.45. The summed E-state index contributed by atoms with van der Waals surface area (Å²) in [6.07, 6.45) is 1.33. The van der Waals surface area contributed by atoms with Crippen molar-refractivity contribution >= 4 is 11.9 Å². The summed E-state index contributed by atoms with van der Waals surface area (Å²) >= 11 is 0. The van der Waals surface area contributed by atoms with Gasteiger partial charge in [-0.25, -0.2) is 4.79 Å². The number of nitrogens with zero attached hydrogens (tertiary/aromatic N) is 1. The first-order valence-electron chi connectivity index (χ1n) is 6.81. The molecule has 0 radical (unpaired) electrons. The molecule has 1 unspecified atom stereocenters. The summed E-state index contributed by atoms with van der Waals surface area (Å²) in [6, 6.07) is 6.44. The Morgan fingerprint density at radius 2 is 2.05 bits per heavy atom. The van der Waals surface area contributed by atoms with E-state index in [9.17, 15) is 9.59 Å². The van der Waals surface area contributed by atoms with Crippen LogP contribution in [0.2, 0.25) is 0 Å². The molecule has 0 aromatic heterocycles. The van der Waals surface area contributed by atoms with E-state index in [0.29, 0.717) is 26.1 Å². The fraction of sp³-hybridized carbons (Fsp3) is 0.467. The molecule has 5 heteroatoms. The van der Waals surface area contributed by atoms with Crippen LogP contribution in [0, 0.1) is 0 Å². The Bertz CT molecular complexity index is 483. The van der Waals surface area contributed by atoms with E-state index >= 15 is 0 Å². The molecule has 1 aliphatic heterocycles. The topological polar surface area (TPSA) is 66.8 Å². The van der Waals surface area contributed by atoms with Crippen molar-refractivity contribution in [2.75, 3.05) is 19.7 Å². The molecule has 1 N–H and O–H groups in total. The highest BCUT2D eigenvalue weighted by Gasteiger charge is 2.22. The number of benzene rings is 1. The number of carboxylic acids is 1. The quantitative estimate of drug-likeness (QED) is 0.907. The number of amides is 1. The van der Waals surface area contributed by atoms with Crippen molar-refractivity contribution in [2.45, 2.75) is 25.9 Å². The molecule has 1 fully saturated rings. The standard InChI is InChI=1S/C15H19NO4/c1-2-13-10-16(7-8-20-13)14(17)9-11-3-5-12(6-4-11)15(18)19/h3-6,13H,2,7-10H2,1H3,(H,18,19). The van der Waals surface area contributed by atoms with Crippen LogP contribution in [-0.4, -0.2) is 47.7 Å². The second-order valence-corrected chi connectivity index (χ2v) is 4.92. The minimum Gasteiger partial charge on any atom is -0.478 e. The van der Waals surface area contributed by atoms with Crippen molar-refractivity contribution in [1.82, 2.24) is 4.90 Å². The third kappa shape index (κ3) is 3.57. The van der Waals surface area contributed by atoms with Gasteiger partial charge in [-0.05, 0) is 24.1 Å². The lowest BCUT2D eigenvalue weighted by Gasteiger charge is -2.32. The van der Waals surface area contributed by atoms with Crippen molar-refractivity contribution in [1.29, 1.82) is 0 Å². The number of aromatic carboxylic acids is 1. The van der Waals surface area contributed by atoms with Gasteiger partial charge in [0.2, 0.25) is 5.91 Å². The molecule has 20 heavy (non-hydrogen) atoms. The van der Waals surface area contributed by atoms with Crippen LogP contribution >= 0.6 is 0 Å². The zero-order valence-corrected chi connectivity index (χ0v) is 11.5. The number of carboxylic acid groups (broad SMARTS) is 1. The molecule has 1 amide bonds. The number of hydrogen-bond donors (Lipinski definition) is 1. The van der Waals surface area contributed by atoms with Crippen LogP contribution in [-0.2, 0) is 16.0 Å². The Morgan fingerprint density at radius 3 is 2.65 bits per heavy atom. The predicted octanol–water partition coefficient (Wildman–Crippen LogP) is 1.56. The summed E-state index contributed by atoms with van der Waals surface area (Å²) < 4.78 is 5.54. The number of carbonyl (C=O) groups is 2. The first-order valence-corrected chi connectivity index (χ1v) is 6.81. The third-order valence-corrected chi connectivity index (χ3v) is 3.50. The maximum Gasteiger partial charge on any atom is 0.335 e. The summed E-state index contributed by atoms with van der Waals surface area (Å²) in [5, 5.41) is 8.83. The normalized spacial score (nSPS) is 18.9. The van der Waals surface area contributed by atoms with Crippen LogP contribution in [0.1, 0.15) is 29.3 Å². The minimum absolute atomic E-state index is 0.0647. The van der Waals surface area contributed by atoms with Gasteiger partial charge in [-0.1, -0.05) is 19.1 Å². The number of rotatable bonds is 4. The predicted molar refractivity (Wildman–Crippen MR) is 73.7 cm³/mol. The summed E-state index contributed by atoms with van der Waals surface area (Å²) in [6.45, 7) is 3.90. The second kappa shape index (κ2) is 6.52. The average Bonchev–Trinajstić information content (AvgIpc) is 2.47. The SMILES string of the molecule is CCC1CN(C(=O)Cc2ccc(C(=O)O)cc2)CCO1. The maximum absolute atomic E-state index is 12.2. The molecule has 108 valence electrons. The summed E-state index contributed by atoms with van der Waals surface area (Å²) in [4.78, 5) is 24.8. The molecule has 0 spiro atoms. The van der Waals surface area contributed by atoms with E-state index in [1.165, 1.54) is 12.1 Å². The Morgan fingerprint density at radius 1 is 1.35 bits per heavy atom. The first kappa shape index (κ1) is 14.5. The van der Waals surface area contributed by atoms with Gasteiger partial charge in [-0.15, -0.1) is 0 Å². The van der Waals surface area contributed by atoms with E-state index in [2.05, 4.69) is 0 Å². The van der Waals surface area contributed by atoms with Crippen LogP contribution in [0.15, 0.2) is 24.3 Å². The van der Waals surface area contributed by atoms with Gasteiger partial charge in [0.05, 0.1) is 24.7 Å². The minimum atomic E-state index is -0.957. The van der Waals surface area contributed by atoms with Gasteiger partial charge in [-0.2, -0.15) is 0 Å². The Hall–Kier alpha value is -1.88. The molecular weight excluding hydrogens is 258 g/mol. The molecule has 5 nitrogen and oxygen atoms in total. The zero-order valence-electron chi connectivity index (χ0n) is 11.5. The highest BCUT2D eigenvalue weighted by molar-refractivity contribution is 5.87. The van der Waals surface area contributed by atoms with Crippen molar-refractivity contribution in [3.8, 4) is 0 Å². The van der Waals surface area contributed by atoms with Crippen molar-refractivity contribution in [3.63, 3.8) is 0 Å². The Kier molecular flexibility index (Phi) is 4.74. The summed E-state index contributed by atoms with van der Waals surface area (Å²) in [5.41, 5.74) is 1.07. The molecule has 1 saturated heterocycles. The van der Waals surface area contributed by atoms with E-state index in [0.717, 1.165) is 12.0 Å². The Balaban J connectivity index is 1.95. The number of morpholine rings is 1. The van der Waals surface area contributed by atoms with Gasteiger partial charge in [0.25, 0.3) is 0 Å². The lowest BCUT2D eigenvalue weighted by molar-refractivity contribution is -0.138. The first-order chi connectivity index (χ1) is 9.60. The molecular formula is C15H19NO4. The molecule has 1 aromatic rings. The Labute approximate surface area is 118 Å². The van der Waals surface area contributed by atoms with Crippen LogP contribution in [0.4, 0.5) is 0 Å². The van der Waals surface area contributed by atoms with Gasteiger partial charge in [0.1, 0.15) is 0 Å². The summed E-state index contributed by atoms with van der Waals surface area (Å²) in [7, 11) is 0. The number of hydrogen-bond acceptors (Lipinski definition) is 3. The highest BCUT2D eigenvalue weighted by Crippen LogP contribution is 2.11. The number of ether oxygens (including phenoxy) is 1. The fourth-order valence-corrected chi connectivity index (χ4v) is 2.24. The van der Waals surface area contributed by atoms with Crippen LogP contribution in [0.3, 0.4) is 0 Å². The van der Waals surface area contributed by atoms with Gasteiger partial charge in [-0.3, -0.25) is 4.79 Å². The monoisotopic (exact) mass is 277 g/mol. The highest BCUT2D eigenvalue weighted by atomic mass is 16.5. The molecule has 1 heterocycles. The van der Waals surface area contributed by atoms with Crippen LogP contribution < -0.4 is 0 Å².